The molecule has 0 bridgehead atoms. The number of halogens is 5. The summed E-state index contributed by atoms with van der Waals surface area (Å²) < 4.78 is 66.2. The van der Waals surface area contributed by atoms with Gasteiger partial charge in [-0.15, -0.1) is 0 Å². The van der Waals surface area contributed by atoms with Gasteiger partial charge in [-0.1, -0.05) is 52.4 Å². The summed E-state index contributed by atoms with van der Waals surface area (Å²) >= 11 is 0. The lowest BCUT2D eigenvalue weighted by molar-refractivity contribution is -0.289. The first-order valence-corrected chi connectivity index (χ1v) is 7.90. The van der Waals surface area contributed by atoms with Crippen LogP contribution in [0.1, 0.15) is 65.2 Å². The Labute approximate surface area is 124 Å². The van der Waals surface area contributed by atoms with Crippen LogP contribution in [0.5, 0.6) is 0 Å². The van der Waals surface area contributed by atoms with Gasteiger partial charge in [-0.2, -0.15) is 17.6 Å². The first-order valence-electron chi connectivity index (χ1n) is 7.90. The van der Waals surface area contributed by atoms with Crippen LogP contribution in [0.15, 0.2) is 0 Å². The Morgan fingerprint density at radius 3 is 1.48 bits per heavy atom. The average Bonchev–Trinajstić information content (AvgIpc) is 2.45. The van der Waals surface area contributed by atoms with Gasteiger partial charge in [-0.05, 0) is 12.8 Å². The van der Waals surface area contributed by atoms with Crippen LogP contribution in [0.3, 0.4) is 0 Å². The summed E-state index contributed by atoms with van der Waals surface area (Å²) in [5, 5.41) is 0. The first kappa shape index (κ1) is 20.6. The van der Waals surface area contributed by atoms with Crippen LogP contribution in [0, 0.1) is 0 Å². The Morgan fingerprint density at radius 1 is 0.714 bits per heavy atom. The molecule has 0 atom stereocenters. The van der Waals surface area contributed by atoms with Crippen molar-refractivity contribution in [3.63, 3.8) is 0 Å². The molecular formula is C15H28F5N. The Morgan fingerprint density at radius 2 is 1.14 bits per heavy atom. The molecule has 6 heteroatoms. The monoisotopic (exact) mass is 317 g/mol. The van der Waals surface area contributed by atoms with Gasteiger partial charge in [0.1, 0.15) is 0 Å². The second-order valence-electron chi connectivity index (χ2n) is 5.49. The number of rotatable bonds is 13. The van der Waals surface area contributed by atoms with E-state index in [1.165, 1.54) is 0 Å². The minimum atomic E-state index is -4.62. The molecule has 0 spiro atoms. The molecule has 0 heterocycles. The van der Waals surface area contributed by atoms with Gasteiger partial charge < -0.3 is 0 Å². The van der Waals surface area contributed by atoms with Crippen molar-refractivity contribution < 1.29 is 22.0 Å². The van der Waals surface area contributed by atoms with Gasteiger partial charge in [0.05, 0.1) is 0 Å². The van der Waals surface area contributed by atoms with Gasteiger partial charge in [0.15, 0.2) is 6.67 Å². The Hall–Kier alpha value is -0.390. The smallest absolute Gasteiger partial charge is 0.244 e. The summed E-state index contributed by atoms with van der Waals surface area (Å²) in [5.74, 6) is -4.62. The van der Waals surface area contributed by atoms with E-state index in [9.17, 15) is 22.0 Å². The lowest BCUT2D eigenvalue weighted by Gasteiger charge is -2.35. The van der Waals surface area contributed by atoms with Crippen LogP contribution in [0.4, 0.5) is 22.0 Å². The van der Waals surface area contributed by atoms with Crippen molar-refractivity contribution in [1.82, 2.24) is 4.90 Å². The largest absolute Gasteiger partial charge is 0.370 e. The molecular weight excluding hydrogens is 289 g/mol. The van der Waals surface area contributed by atoms with Crippen LogP contribution < -0.4 is 0 Å². The molecule has 0 rings (SSSR count). The van der Waals surface area contributed by atoms with Crippen LogP contribution in [0.25, 0.3) is 0 Å². The highest BCUT2D eigenvalue weighted by molar-refractivity contribution is 4.85. The first-order chi connectivity index (χ1) is 9.83. The summed E-state index contributed by atoms with van der Waals surface area (Å²) in [6.45, 7) is 1.40. The van der Waals surface area contributed by atoms with Crippen molar-refractivity contribution in [2.75, 3.05) is 19.8 Å². The summed E-state index contributed by atoms with van der Waals surface area (Å²) in [6.07, 6.45) is 5.95. The zero-order chi connectivity index (χ0) is 16.4. The van der Waals surface area contributed by atoms with E-state index in [1.54, 1.807) is 0 Å². The summed E-state index contributed by atoms with van der Waals surface area (Å²) in [7, 11) is 0. The lowest BCUT2D eigenvalue weighted by atomic mass is 10.1. The molecule has 0 amide bonds. The molecule has 0 aromatic carbocycles. The molecule has 128 valence electrons. The third-order valence-electron chi connectivity index (χ3n) is 3.57. The molecule has 0 radical (unpaired) electrons. The average molecular weight is 317 g/mol. The summed E-state index contributed by atoms with van der Waals surface area (Å²) in [6, 6.07) is -4.42. The quantitative estimate of drug-likeness (QED) is 0.241. The minimum absolute atomic E-state index is 0.116. The van der Waals surface area contributed by atoms with Crippen LogP contribution in [-0.4, -0.2) is 36.6 Å². The third-order valence-corrected chi connectivity index (χ3v) is 3.57. The molecule has 0 aliphatic rings. The SMILES string of the molecule is CCCCCCN(CCCCCC)C(F)(F)C(F)(F)CF. The molecule has 0 fully saturated rings. The predicted molar refractivity (Wildman–Crippen MR) is 75.7 cm³/mol. The van der Waals surface area contributed by atoms with E-state index >= 15 is 0 Å². The Balaban J connectivity index is 4.60. The van der Waals surface area contributed by atoms with Crippen molar-refractivity contribution in [3.05, 3.63) is 0 Å². The Bertz CT molecular complexity index is 246. The molecule has 0 aromatic rings. The number of hydrogen-bond donors (Lipinski definition) is 0. The molecule has 21 heavy (non-hydrogen) atoms. The van der Waals surface area contributed by atoms with Crippen LogP contribution >= 0.6 is 0 Å². The van der Waals surface area contributed by atoms with E-state index < -0.39 is 18.6 Å². The van der Waals surface area contributed by atoms with Crippen molar-refractivity contribution in [2.45, 2.75) is 77.2 Å². The van der Waals surface area contributed by atoms with Crippen molar-refractivity contribution in [1.29, 1.82) is 0 Å². The lowest BCUT2D eigenvalue weighted by Crippen LogP contribution is -2.56. The van der Waals surface area contributed by atoms with Crippen molar-refractivity contribution in [2.24, 2.45) is 0 Å². The van der Waals surface area contributed by atoms with Gasteiger partial charge in [0.25, 0.3) is 0 Å². The fraction of sp³-hybridized carbons (Fsp3) is 1.00. The third kappa shape index (κ3) is 6.94. The molecule has 0 saturated heterocycles. The van der Waals surface area contributed by atoms with E-state index in [0.717, 1.165) is 38.5 Å². The van der Waals surface area contributed by atoms with Crippen LogP contribution in [0.2, 0.25) is 0 Å². The predicted octanol–water partition coefficient (Wildman–Crippen LogP) is 5.65. The molecule has 0 aromatic heterocycles. The molecule has 0 saturated carbocycles. The standard InChI is InChI=1S/C15H28F5N/c1-3-5-7-9-11-21(12-10-8-6-4-2)15(19,20)14(17,18)13-16/h3-13H2,1-2H3. The normalized spacial score (nSPS) is 13.1. The van der Waals surface area contributed by atoms with Gasteiger partial charge >= 0.3 is 12.0 Å². The molecule has 0 N–H and O–H groups in total. The maximum Gasteiger partial charge on any atom is 0.370 e. The fourth-order valence-electron chi connectivity index (χ4n) is 2.16. The van der Waals surface area contributed by atoms with E-state index in [4.69, 9.17) is 0 Å². The fourth-order valence-corrected chi connectivity index (χ4v) is 2.16. The van der Waals surface area contributed by atoms with Crippen molar-refractivity contribution in [3.8, 4) is 0 Å². The Kier molecular flexibility index (Phi) is 10.2. The highest BCUT2D eigenvalue weighted by atomic mass is 19.3. The zero-order valence-corrected chi connectivity index (χ0v) is 13.1. The second-order valence-corrected chi connectivity index (χ2v) is 5.49. The number of alkyl halides is 5. The topological polar surface area (TPSA) is 3.24 Å². The van der Waals surface area contributed by atoms with Crippen molar-refractivity contribution >= 4 is 0 Å². The maximum absolute atomic E-state index is 13.8. The summed E-state index contributed by atoms with van der Waals surface area (Å²) in [5.41, 5.74) is 0. The van der Waals surface area contributed by atoms with Gasteiger partial charge in [-0.25, -0.2) is 9.29 Å². The molecule has 0 aliphatic heterocycles. The van der Waals surface area contributed by atoms with E-state index in [-0.39, 0.29) is 13.1 Å². The molecule has 0 unspecified atom stereocenters. The van der Waals surface area contributed by atoms with E-state index in [2.05, 4.69) is 0 Å². The highest BCUT2D eigenvalue weighted by Gasteiger charge is 2.59. The van der Waals surface area contributed by atoms with E-state index in [1.807, 2.05) is 13.8 Å². The maximum atomic E-state index is 13.8. The van der Waals surface area contributed by atoms with Gasteiger partial charge in [-0.3, -0.25) is 0 Å². The minimum Gasteiger partial charge on any atom is -0.244 e. The number of hydrogen-bond acceptors (Lipinski definition) is 1. The second kappa shape index (κ2) is 10.4. The van der Waals surface area contributed by atoms with E-state index in [0.29, 0.717) is 17.7 Å². The summed E-state index contributed by atoms with van der Waals surface area (Å²) in [4.78, 5) is 0.470. The van der Waals surface area contributed by atoms with Gasteiger partial charge in [0.2, 0.25) is 0 Å². The van der Waals surface area contributed by atoms with Gasteiger partial charge in [0, 0.05) is 13.1 Å². The number of unbranched alkanes of at least 4 members (excludes halogenated alkanes) is 6. The number of nitrogens with zero attached hydrogens (tertiary/aromatic N) is 1. The molecule has 0 aliphatic carbocycles. The molecule has 1 nitrogen and oxygen atoms in total. The highest BCUT2D eigenvalue weighted by Crippen LogP contribution is 2.38. The van der Waals surface area contributed by atoms with Crippen LogP contribution in [-0.2, 0) is 0 Å². The zero-order valence-electron chi connectivity index (χ0n) is 13.1.